The molecule has 0 bridgehead atoms. The van der Waals surface area contributed by atoms with Crippen LogP contribution in [0.1, 0.15) is 57.9 Å². The fourth-order valence-electron chi connectivity index (χ4n) is 3.81. The fourth-order valence-corrected chi connectivity index (χ4v) is 3.81. The van der Waals surface area contributed by atoms with E-state index in [4.69, 9.17) is 4.74 Å². The molecule has 2 heteroatoms. The van der Waals surface area contributed by atoms with Crippen LogP contribution in [-0.2, 0) is 6.54 Å². The van der Waals surface area contributed by atoms with Gasteiger partial charge in [-0.15, -0.1) is 0 Å². The zero-order chi connectivity index (χ0) is 19.2. The molecule has 0 N–H and O–H groups in total. The lowest BCUT2D eigenvalue weighted by molar-refractivity contribution is -0.941. The predicted octanol–water partition coefficient (Wildman–Crippen LogP) is 6.46. The van der Waals surface area contributed by atoms with Crippen molar-refractivity contribution in [3.05, 3.63) is 66.2 Å². The first kappa shape index (κ1) is 21.5. The van der Waals surface area contributed by atoms with E-state index in [-0.39, 0.29) is 0 Å². The van der Waals surface area contributed by atoms with Crippen LogP contribution in [0.4, 0.5) is 0 Å². The van der Waals surface area contributed by atoms with Crippen LogP contribution in [0.25, 0.3) is 0 Å². The Bertz CT molecular complexity index is 586. The SMILES string of the molecule is CCCCC[N+](CCCCC)(CCOc1ccccc1)Cc1ccccc1. The molecule has 2 nitrogen and oxygen atoms in total. The van der Waals surface area contributed by atoms with Gasteiger partial charge in [-0.1, -0.05) is 75.2 Å². The third-order valence-electron chi connectivity index (χ3n) is 5.41. The third kappa shape index (κ3) is 8.17. The first-order valence-corrected chi connectivity index (χ1v) is 10.8. The molecule has 148 valence electrons. The molecule has 2 rings (SSSR count). The van der Waals surface area contributed by atoms with E-state index in [1.54, 1.807) is 0 Å². The molecule has 0 aliphatic carbocycles. The van der Waals surface area contributed by atoms with E-state index in [9.17, 15) is 0 Å². The molecule has 0 heterocycles. The van der Waals surface area contributed by atoms with Crippen molar-refractivity contribution in [2.75, 3.05) is 26.2 Å². The summed E-state index contributed by atoms with van der Waals surface area (Å²) in [7, 11) is 0. The number of benzene rings is 2. The monoisotopic (exact) mass is 368 g/mol. The van der Waals surface area contributed by atoms with Gasteiger partial charge < -0.3 is 9.22 Å². The number of hydrogen-bond acceptors (Lipinski definition) is 1. The quantitative estimate of drug-likeness (QED) is 0.274. The fraction of sp³-hybridized carbons (Fsp3) is 0.520. The van der Waals surface area contributed by atoms with Gasteiger partial charge in [-0.05, 0) is 37.8 Å². The number of quaternary nitrogens is 1. The van der Waals surface area contributed by atoms with Gasteiger partial charge in [0.2, 0.25) is 0 Å². The minimum absolute atomic E-state index is 0.787. The van der Waals surface area contributed by atoms with Gasteiger partial charge in [-0.3, -0.25) is 0 Å². The first-order chi connectivity index (χ1) is 13.3. The van der Waals surface area contributed by atoms with Gasteiger partial charge >= 0.3 is 0 Å². The predicted molar refractivity (Wildman–Crippen MR) is 116 cm³/mol. The van der Waals surface area contributed by atoms with Crippen molar-refractivity contribution in [1.29, 1.82) is 0 Å². The van der Waals surface area contributed by atoms with E-state index < -0.39 is 0 Å². The molecule has 0 aliphatic rings. The Morgan fingerprint density at radius 1 is 0.667 bits per heavy atom. The molecule has 0 radical (unpaired) electrons. The highest BCUT2D eigenvalue weighted by atomic mass is 16.5. The van der Waals surface area contributed by atoms with Gasteiger partial charge in [0.05, 0.1) is 13.1 Å². The molecule has 0 spiro atoms. The van der Waals surface area contributed by atoms with Gasteiger partial charge in [0.25, 0.3) is 0 Å². The Kier molecular flexibility index (Phi) is 10.0. The molecule has 0 fully saturated rings. The van der Waals surface area contributed by atoms with Crippen molar-refractivity contribution in [2.45, 2.75) is 58.9 Å². The Morgan fingerprint density at radius 3 is 1.78 bits per heavy atom. The van der Waals surface area contributed by atoms with Crippen molar-refractivity contribution >= 4 is 0 Å². The van der Waals surface area contributed by atoms with Crippen molar-refractivity contribution in [3.63, 3.8) is 0 Å². The summed E-state index contributed by atoms with van der Waals surface area (Å²) in [4.78, 5) is 0. The van der Waals surface area contributed by atoms with E-state index in [0.29, 0.717) is 0 Å². The second kappa shape index (κ2) is 12.6. The molecule has 0 atom stereocenters. The number of unbranched alkanes of at least 4 members (excludes halogenated alkanes) is 4. The summed E-state index contributed by atoms with van der Waals surface area (Å²) in [6, 6.07) is 21.3. The Morgan fingerprint density at radius 2 is 1.22 bits per heavy atom. The number of ether oxygens (including phenoxy) is 1. The van der Waals surface area contributed by atoms with Gasteiger partial charge in [0.1, 0.15) is 25.4 Å². The van der Waals surface area contributed by atoms with E-state index in [2.05, 4.69) is 56.3 Å². The number of nitrogens with zero attached hydrogens (tertiary/aromatic N) is 1. The van der Waals surface area contributed by atoms with Crippen molar-refractivity contribution in [2.24, 2.45) is 0 Å². The summed E-state index contributed by atoms with van der Waals surface area (Å²) in [6.07, 6.45) is 7.81. The second-order valence-corrected chi connectivity index (χ2v) is 7.73. The zero-order valence-electron chi connectivity index (χ0n) is 17.4. The summed E-state index contributed by atoms with van der Waals surface area (Å²) in [5, 5.41) is 0. The lowest BCUT2D eigenvalue weighted by Crippen LogP contribution is -2.51. The third-order valence-corrected chi connectivity index (χ3v) is 5.41. The summed E-state index contributed by atoms with van der Waals surface area (Å²) in [5.74, 6) is 0.984. The molecular weight excluding hydrogens is 330 g/mol. The van der Waals surface area contributed by atoms with Crippen molar-refractivity contribution < 1.29 is 9.22 Å². The molecule has 2 aromatic rings. The first-order valence-electron chi connectivity index (χ1n) is 10.8. The van der Waals surface area contributed by atoms with Gasteiger partial charge in [-0.25, -0.2) is 0 Å². The van der Waals surface area contributed by atoms with Gasteiger partial charge in [0.15, 0.2) is 0 Å². The molecule has 0 saturated heterocycles. The molecule has 2 aromatic carbocycles. The average molecular weight is 369 g/mol. The maximum atomic E-state index is 6.10. The number of hydrogen-bond donors (Lipinski definition) is 0. The van der Waals surface area contributed by atoms with E-state index in [0.717, 1.165) is 29.9 Å². The lowest BCUT2D eigenvalue weighted by atomic mass is 10.1. The molecule has 0 aromatic heterocycles. The Balaban J connectivity index is 2.07. The zero-order valence-corrected chi connectivity index (χ0v) is 17.4. The molecule has 0 unspecified atom stereocenters. The van der Waals surface area contributed by atoms with Crippen LogP contribution < -0.4 is 4.74 Å². The molecule has 0 saturated carbocycles. The summed E-state index contributed by atoms with van der Waals surface area (Å²) in [6.45, 7) is 10.1. The molecular formula is C25H38NO+. The number of para-hydroxylation sites is 1. The van der Waals surface area contributed by atoms with E-state index >= 15 is 0 Å². The average Bonchev–Trinajstić information content (AvgIpc) is 2.70. The van der Waals surface area contributed by atoms with E-state index in [1.807, 2.05) is 18.2 Å². The van der Waals surface area contributed by atoms with Crippen LogP contribution in [-0.4, -0.2) is 30.7 Å². The highest BCUT2D eigenvalue weighted by Gasteiger charge is 2.27. The molecule has 0 amide bonds. The number of rotatable bonds is 14. The standard InChI is InChI=1S/C25H38NO/c1-3-5-13-19-26(20-14-6-4-2,23-24-15-9-7-10-16-24)21-22-27-25-17-11-8-12-18-25/h7-12,15-18H,3-6,13-14,19-23H2,1-2H3/q+1. The van der Waals surface area contributed by atoms with Crippen LogP contribution in [0.15, 0.2) is 60.7 Å². The van der Waals surface area contributed by atoms with Crippen LogP contribution in [0.5, 0.6) is 5.75 Å². The Hall–Kier alpha value is -1.80. The Labute approximate surface area is 166 Å². The minimum Gasteiger partial charge on any atom is -0.488 e. The minimum atomic E-state index is 0.787. The smallest absolute Gasteiger partial charge is 0.137 e. The molecule has 0 aliphatic heterocycles. The maximum Gasteiger partial charge on any atom is 0.137 e. The van der Waals surface area contributed by atoms with Crippen LogP contribution in [0.2, 0.25) is 0 Å². The van der Waals surface area contributed by atoms with Crippen molar-refractivity contribution in [1.82, 2.24) is 0 Å². The highest BCUT2D eigenvalue weighted by Crippen LogP contribution is 2.20. The molecule has 27 heavy (non-hydrogen) atoms. The summed E-state index contributed by atoms with van der Waals surface area (Å²) in [5.41, 5.74) is 1.45. The second-order valence-electron chi connectivity index (χ2n) is 7.73. The van der Waals surface area contributed by atoms with E-state index in [1.165, 1.54) is 57.2 Å². The normalized spacial score (nSPS) is 11.5. The maximum absolute atomic E-state index is 6.10. The summed E-state index contributed by atoms with van der Waals surface area (Å²) >= 11 is 0. The highest BCUT2D eigenvalue weighted by molar-refractivity contribution is 5.20. The largest absolute Gasteiger partial charge is 0.488 e. The van der Waals surface area contributed by atoms with Crippen LogP contribution in [0, 0.1) is 0 Å². The van der Waals surface area contributed by atoms with Gasteiger partial charge in [-0.2, -0.15) is 0 Å². The van der Waals surface area contributed by atoms with Crippen molar-refractivity contribution in [3.8, 4) is 5.75 Å². The lowest BCUT2D eigenvalue weighted by Gasteiger charge is -2.39. The van der Waals surface area contributed by atoms with Crippen LogP contribution in [0.3, 0.4) is 0 Å². The summed E-state index contributed by atoms with van der Waals surface area (Å²) < 4.78 is 7.25. The van der Waals surface area contributed by atoms with Crippen LogP contribution >= 0.6 is 0 Å². The topological polar surface area (TPSA) is 9.23 Å². The van der Waals surface area contributed by atoms with Gasteiger partial charge in [0, 0.05) is 5.56 Å².